The second-order valence-electron chi connectivity index (χ2n) is 4.39. The van der Waals surface area contributed by atoms with Gasteiger partial charge in [-0.05, 0) is 30.3 Å². The average Bonchev–Trinajstić information content (AvgIpc) is 2.90. The molecule has 21 heavy (non-hydrogen) atoms. The molecular weight excluding hydrogens is 288 g/mol. The number of nitrogens with one attached hydrogen (secondary N) is 2. The highest BCUT2D eigenvalue weighted by atomic mass is 19.4. The van der Waals surface area contributed by atoms with Crippen LogP contribution in [0.5, 0.6) is 0 Å². The summed E-state index contributed by atoms with van der Waals surface area (Å²) in [5.41, 5.74) is -1.01. The fourth-order valence-electron chi connectivity index (χ4n) is 1.88. The molecule has 0 aliphatic heterocycles. The summed E-state index contributed by atoms with van der Waals surface area (Å²) in [6.07, 6.45) is -2.62. The third kappa shape index (κ3) is 3.84. The molecule has 1 heterocycles. The molecule has 0 atom stereocenters. The van der Waals surface area contributed by atoms with Gasteiger partial charge in [0.15, 0.2) is 0 Å². The summed E-state index contributed by atoms with van der Waals surface area (Å²) in [6.45, 7) is 0.175. The lowest BCUT2D eigenvalue weighted by Crippen LogP contribution is -2.28. The molecule has 7 heteroatoms. The van der Waals surface area contributed by atoms with Crippen LogP contribution in [-0.2, 0) is 12.6 Å². The van der Waals surface area contributed by atoms with Gasteiger partial charge in [-0.3, -0.25) is 4.79 Å². The number of carbonyl (C=O) groups excluding carboxylic acids is 1. The Bertz CT molecular complexity index is 620. The molecule has 0 saturated heterocycles. The maximum absolute atomic E-state index is 12.9. The number of hydrogen-bond acceptors (Lipinski definition) is 1. The predicted octanol–water partition coefficient (Wildman–Crippen LogP) is 3.15. The summed E-state index contributed by atoms with van der Waals surface area (Å²) in [5.74, 6) is -1.92. The molecule has 2 rings (SSSR count). The first-order chi connectivity index (χ1) is 9.88. The van der Waals surface area contributed by atoms with E-state index in [4.69, 9.17) is 0 Å². The van der Waals surface area contributed by atoms with E-state index in [0.29, 0.717) is 12.5 Å². The van der Waals surface area contributed by atoms with Crippen LogP contribution in [0.4, 0.5) is 17.6 Å². The molecule has 0 aliphatic rings. The van der Waals surface area contributed by atoms with Crippen molar-refractivity contribution in [3.8, 4) is 0 Å². The van der Waals surface area contributed by atoms with Gasteiger partial charge in [0.05, 0.1) is 11.1 Å². The maximum Gasteiger partial charge on any atom is 0.417 e. The number of amides is 1. The van der Waals surface area contributed by atoms with Crippen LogP contribution in [0.2, 0.25) is 0 Å². The van der Waals surface area contributed by atoms with Gasteiger partial charge in [0.2, 0.25) is 0 Å². The van der Waals surface area contributed by atoms with Crippen LogP contribution in [0, 0.1) is 5.82 Å². The number of rotatable bonds is 4. The van der Waals surface area contributed by atoms with E-state index >= 15 is 0 Å². The van der Waals surface area contributed by atoms with Crippen LogP contribution < -0.4 is 5.32 Å². The van der Waals surface area contributed by atoms with Gasteiger partial charge in [-0.25, -0.2) is 4.39 Å². The largest absolute Gasteiger partial charge is 0.417 e. The number of halogens is 4. The van der Waals surface area contributed by atoms with Crippen LogP contribution in [0.15, 0.2) is 36.5 Å². The van der Waals surface area contributed by atoms with Crippen molar-refractivity contribution < 1.29 is 22.4 Å². The molecular formula is C14H12F4N2O. The molecule has 0 spiro atoms. The molecule has 1 aromatic heterocycles. The van der Waals surface area contributed by atoms with Gasteiger partial charge in [-0.2, -0.15) is 13.2 Å². The number of alkyl halides is 3. The summed E-state index contributed by atoms with van der Waals surface area (Å²) in [4.78, 5) is 14.7. The lowest BCUT2D eigenvalue weighted by Gasteiger charge is -2.12. The Morgan fingerprint density at radius 1 is 1.24 bits per heavy atom. The van der Waals surface area contributed by atoms with Crippen molar-refractivity contribution in [1.29, 1.82) is 0 Å². The third-order valence-corrected chi connectivity index (χ3v) is 2.87. The summed E-state index contributed by atoms with van der Waals surface area (Å²) in [6, 6.07) is 5.56. The van der Waals surface area contributed by atoms with Gasteiger partial charge in [0.25, 0.3) is 5.91 Å². The molecule has 0 saturated carbocycles. The van der Waals surface area contributed by atoms with Crippen LogP contribution in [-0.4, -0.2) is 17.4 Å². The van der Waals surface area contributed by atoms with E-state index in [1.54, 1.807) is 18.3 Å². The van der Waals surface area contributed by atoms with Crippen LogP contribution in [0.25, 0.3) is 0 Å². The minimum atomic E-state index is -4.78. The molecule has 1 aromatic carbocycles. The maximum atomic E-state index is 12.9. The summed E-state index contributed by atoms with van der Waals surface area (Å²) in [5, 5.41) is 2.39. The van der Waals surface area contributed by atoms with Crippen molar-refractivity contribution >= 4 is 5.91 Å². The van der Waals surface area contributed by atoms with E-state index < -0.39 is 29.0 Å². The normalized spacial score (nSPS) is 11.4. The van der Waals surface area contributed by atoms with Crippen molar-refractivity contribution in [1.82, 2.24) is 10.3 Å². The van der Waals surface area contributed by atoms with E-state index in [1.165, 1.54) is 0 Å². The Hall–Kier alpha value is -2.31. The molecule has 0 radical (unpaired) electrons. The summed E-state index contributed by atoms with van der Waals surface area (Å²) in [7, 11) is 0. The highest BCUT2D eigenvalue weighted by molar-refractivity contribution is 5.95. The van der Waals surface area contributed by atoms with Gasteiger partial charge < -0.3 is 10.3 Å². The minimum absolute atomic E-state index is 0.175. The highest BCUT2D eigenvalue weighted by Crippen LogP contribution is 2.32. The molecule has 0 fully saturated rings. The average molecular weight is 300 g/mol. The zero-order valence-electron chi connectivity index (χ0n) is 10.8. The fourth-order valence-corrected chi connectivity index (χ4v) is 1.88. The van der Waals surface area contributed by atoms with Gasteiger partial charge >= 0.3 is 6.18 Å². The van der Waals surface area contributed by atoms with Crippen molar-refractivity contribution in [2.75, 3.05) is 6.54 Å². The van der Waals surface area contributed by atoms with E-state index in [9.17, 15) is 22.4 Å². The number of aromatic nitrogens is 1. The van der Waals surface area contributed by atoms with Gasteiger partial charge in [0, 0.05) is 24.9 Å². The number of aromatic amines is 1. The molecule has 2 aromatic rings. The second kappa shape index (κ2) is 5.99. The molecule has 0 unspecified atom stereocenters. The molecule has 3 nitrogen and oxygen atoms in total. The fraction of sp³-hybridized carbons (Fsp3) is 0.214. The smallest absolute Gasteiger partial charge is 0.365 e. The number of carbonyl (C=O) groups is 1. The van der Waals surface area contributed by atoms with Crippen molar-refractivity contribution in [2.45, 2.75) is 12.6 Å². The van der Waals surface area contributed by atoms with Gasteiger partial charge in [-0.15, -0.1) is 0 Å². The first-order valence-corrected chi connectivity index (χ1v) is 6.15. The second-order valence-corrected chi connectivity index (χ2v) is 4.39. The lowest BCUT2D eigenvalue weighted by molar-refractivity contribution is -0.138. The summed E-state index contributed by atoms with van der Waals surface area (Å²) >= 11 is 0. The molecule has 112 valence electrons. The summed E-state index contributed by atoms with van der Waals surface area (Å²) < 4.78 is 51.3. The first-order valence-electron chi connectivity index (χ1n) is 6.15. The van der Waals surface area contributed by atoms with E-state index in [0.717, 1.165) is 17.8 Å². The van der Waals surface area contributed by atoms with E-state index in [2.05, 4.69) is 10.3 Å². The van der Waals surface area contributed by atoms with Crippen LogP contribution in [0.1, 0.15) is 21.6 Å². The van der Waals surface area contributed by atoms with Crippen molar-refractivity contribution in [3.05, 3.63) is 59.2 Å². The predicted molar refractivity (Wildman–Crippen MR) is 68.2 cm³/mol. The Labute approximate surface area is 118 Å². The lowest BCUT2D eigenvalue weighted by atomic mass is 10.1. The molecule has 1 amide bonds. The third-order valence-electron chi connectivity index (χ3n) is 2.87. The van der Waals surface area contributed by atoms with Gasteiger partial charge in [0.1, 0.15) is 5.82 Å². The Balaban J connectivity index is 2.08. The monoisotopic (exact) mass is 300 g/mol. The SMILES string of the molecule is O=C(NCCc1ccc[nH]1)c1ccc(F)cc1C(F)(F)F. The minimum Gasteiger partial charge on any atom is -0.365 e. The van der Waals surface area contributed by atoms with E-state index in [-0.39, 0.29) is 6.54 Å². The highest BCUT2D eigenvalue weighted by Gasteiger charge is 2.35. The number of benzene rings is 1. The standard InChI is InChI=1S/C14H12F4N2O/c15-9-3-4-11(12(8-9)14(16,17)18)13(21)20-7-5-10-2-1-6-19-10/h1-4,6,8,19H,5,7H2,(H,20,21). The molecule has 0 bridgehead atoms. The molecule has 0 aliphatic carbocycles. The topological polar surface area (TPSA) is 44.9 Å². The number of hydrogen-bond donors (Lipinski definition) is 2. The first kappa shape index (κ1) is 15.1. The zero-order valence-corrected chi connectivity index (χ0v) is 10.8. The Kier molecular flexibility index (Phi) is 4.30. The quantitative estimate of drug-likeness (QED) is 0.837. The van der Waals surface area contributed by atoms with Gasteiger partial charge in [-0.1, -0.05) is 0 Å². The van der Waals surface area contributed by atoms with Crippen LogP contribution in [0.3, 0.4) is 0 Å². The van der Waals surface area contributed by atoms with Crippen molar-refractivity contribution in [3.63, 3.8) is 0 Å². The molecule has 2 N–H and O–H groups in total. The van der Waals surface area contributed by atoms with Crippen molar-refractivity contribution in [2.24, 2.45) is 0 Å². The van der Waals surface area contributed by atoms with Crippen LogP contribution >= 0.6 is 0 Å². The number of H-pyrrole nitrogens is 1. The van der Waals surface area contributed by atoms with E-state index in [1.807, 2.05) is 0 Å². The Morgan fingerprint density at radius 2 is 2.00 bits per heavy atom. The zero-order chi connectivity index (χ0) is 15.5. The Morgan fingerprint density at radius 3 is 2.62 bits per heavy atom.